The van der Waals surface area contributed by atoms with Crippen LogP contribution in [0, 0.1) is 0 Å². The first-order valence-electron chi connectivity index (χ1n) is 11.3. The number of nitrogens with zero attached hydrogens (tertiary/aromatic N) is 5. The molecule has 0 spiro atoms. The predicted octanol–water partition coefficient (Wildman–Crippen LogP) is 3.78. The van der Waals surface area contributed by atoms with Crippen molar-refractivity contribution < 1.29 is 22.8 Å². The maximum absolute atomic E-state index is 13.2. The average Bonchev–Trinajstić information content (AvgIpc) is 3.30. The molecule has 11 heteroatoms. The first kappa shape index (κ1) is 27.2. The fourth-order valence-corrected chi connectivity index (χ4v) is 3.77. The molecule has 1 saturated heterocycles. The Kier molecular flexibility index (Phi) is 9.91. The summed E-state index contributed by atoms with van der Waals surface area (Å²) in [6.07, 6.45) is -0.382. The minimum absolute atomic E-state index is 0.181. The highest BCUT2D eigenvalue weighted by Crippen LogP contribution is 2.34. The first-order valence-corrected chi connectivity index (χ1v) is 11.3. The lowest BCUT2D eigenvalue weighted by Gasteiger charge is -2.35. The van der Waals surface area contributed by atoms with Gasteiger partial charge in [-0.25, -0.2) is 4.79 Å². The molecule has 34 heavy (non-hydrogen) atoms. The highest BCUT2D eigenvalue weighted by molar-refractivity contribution is 5.76. The van der Waals surface area contributed by atoms with Crippen LogP contribution in [0.2, 0.25) is 0 Å². The number of halogens is 3. The number of hydrogen-bond acceptors (Lipinski definition) is 6. The van der Waals surface area contributed by atoms with Gasteiger partial charge in [-0.15, -0.1) is 0 Å². The Labute approximate surface area is 198 Å². The Bertz CT molecular complexity index is 935. The van der Waals surface area contributed by atoms with E-state index in [0.717, 1.165) is 23.6 Å². The zero-order valence-corrected chi connectivity index (χ0v) is 20.1. The van der Waals surface area contributed by atoms with Gasteiger partial charge in [-0.3, -0.25) is 4.90 Å². The molecule has 2 heterocycles. The number of aldehydes is 1. The number of aromatic nitrogens is 2. The Morgan fingerprint density at radius 2 is 1.79 bits per heavy atom. The SMILES string of the molecule is CC=O.CCN(CC)c1cc(C(F)(F)F)ccc1CN1CCN(C(=O)n2cc(NC)cn2)CC1. The van der Waals surface area contributed by atoms with Crippen LogP contribution in [0.25, 0.3) is 0 Å². The van der Waals surface area contributed by atoms with E-state index >= 15 is 0 Å². The van der Waals surface area contributed by atoms with Gasteiger partial charge >= 0.3 is 12.2 Å². The standard InChI is InChI=1S/C21H29F3N6O.C2H4O/c1-4-28(5-2)19-12-17(21(22,23)24)7-6-16(19)14-27-8-10-29(11-9-27)20(31)30-15-18(25-3)13-26-30;1-2-3/h6-7,12-13,15,25H,4-5,8-11,14H2,1-3H3;2H,1H3. The van der Waals surface area contributed by atoms with Crippen molar-refractivity contribution in [2.24, 2.45) is 0 Å². The molecule has 0 bridgehead atoms. The zero-order valence-electron chi connectivity index (χ0n) is 20.1. The summed E-state index contributed by atoms with van der Waals surface area (Å²) < 4.78 is 41.0. The third kappa shape index (κ3) is 6.96. The van der Waals surface area contributed by atoms with E-state index < -0.39 is 11.7 Å². The van der Waals surface area contributed by atoms with E-state index in [9.17, 15) is 18.0 Å². The molecule has 1 amide bonds. The van der Waals surface area contributed by atoms with E-state index in [0.29, 0.717) is 51.5 Å². The number of alkyl halides is 3. The second kappa shape index (κ2) is 12.4. The molecule has 1 N–H and O–H groups in total. The number of carbonyl (C=O) groups excluding carboxylic acids is 2. The highest BCUT2D eigenvalue weighted by Gasteiger charge is 2.32. The molecular weight excluding hydrogens is 449 g/mol. The monoisotopic (exact) mass is 482 g/mol. The lowest BCUT2D eigenvalue weighted by atomic mass is 10.1. The molecule has 3 rings (SSSR count). The molecule has 8 nitrogen and oxygen atoms in total. The number of amides is 1. The fraction of sp³-hybridized carbons (Fsp3) is 0.522. The Hall–Kier alpha value is -3.08. The Morgan fingerprint density at radius 1 is 1.18 bits per heavy atom. The Balaban J connectivity index is 0.00000129. The predicted molar refractivity (Wildman–Crippen MR) is 126 cm³/mol. The van der Waals surface area contributed by atoms with E-state index in [1.54, 1.807) is 30.4 Å². The van der Waals surface area contributed by atoms with Crippen molar-refractivity contribution in [3.63, 3.8) is 0 Å². The van der Waals surface area contributed by atoms with Gasteiger partial charge in [0.1, 0.15) is 6.29 Å². The largest absolute Gasteiger partial charge is 0.416 e. The van der Waals surface area contributed by atoms with Gasteiger partial charge in [0.15, 0.2) is 0 Å². The molecule has 0 unspecified atom stereocenters. The van der Waals surface area contributed by atoms with E-state index in [1.807, 2.05) is 18.7 Å². The highest BCUT2D eigenvalue weighted by atomic mass is 19.4. The number of anilines is 2. The van der Waals surface area contributed by atoms with Gasteiger partial charge in [-0.05, 0) is 38.5 Å². The van der Waals surface area contributed by atoms with Crippen molar-refractivity contribution in [2.75, 3.05) is 56.5 Å². The van der Waals surface area contributed by atoms with E-state index in [2.05, 4.69) is 15.3 Å². The zero-order chi connectivity index (χ0) is 25.3. The lowest BCUT2D eigenvalue weighted by Crippen LogP contribution is -2.49. The molecule has 0 aliphatic carbocycles. The minimum atomic E-state index is -4.37. The van der Waals surface area contributed by atoms with E-state index in [4.69, 9.17) is 4.79 Å². The van der Waals surface area contributed by atoms with Gasteiger partial charge in [0.25, 0.3) is 0 Å². The van der Waals surface area contributed by atoms with E-state index in [-0.39, 0.29) is 6.03 Å². The molecule has 1 aromatic carbocycles. The van der Waals surface area contributed by atoms with Crippen molar-refractivity contribution >= 4 is 23.7 Å². The van der Waals surface area contributed by atoms with Gasteiger partial charge < -0.3 is 19.9 Å². The summed E-state index contributed by atoms with van der Waals surface area (Å²) in [4.78, 5) is 27.3. The summed E-state index contributed by atoms with van der Waals surface area (Å²) in [5.41, 5.74) is 1.61. The fourth-order valence-electron chi connectivity index (χ4n) is 3.77. The van der Waals surface area contributed by atoms with Crippen molar-refractivity contribution in [1.82, 2.24) is 19.6 Å². The second-order valence-corrected chi connectivity index (χ2v) is 7.72. The third-order valence-electron chi connectivity index (χ3n) is 5.62. The smallest absolute Gasteiger partial charge is 0.386 e. The molecule has 1 fully saturated rings. The van der Waals surface area contributed by atoms with Gasteiger partial charge in [0.2, 0.25) is 0 Å². The van der Waals surface area contributed by atoms with Gasteiger partial charge in [-0.2, -0.15) is 23.0 Å². The molecule has 0 radical (unpaired) electrons. The number of hydrogen-bond donors (Lipinski definition) is 1. The van der Waals surface area contributed by atoms with Gasteiger partial charge in [0.05, 0.1) is 23.6 Å². The maximum Gasteiger partial charge on any atom is 0.416 e. The average molecular weight is 483 g/mol. The number of benzene rings is 1. The van der Waals surface area contributed by atoms with Crippen LogP contribution in [-0.2, 0) is 17.5 Å². The molecule has 0 saturated carbocycles. The van der Waals surface area contributed by atoms with Gasteiger partial charge in [0, 0.05) is 58.5 Å². The third-order valence-corrected chi connectivity index (χ3v) is 5.62. The minimum Gasteiger partial charge on any atom is -0.386 e. The van der Waals surface area contributed by atoms with Crippen LogP contribution >= 0.6 is 0 Å². The summed E-state index contributed by atoms with van der Waals surface area (Å²) in [6.45, 7) is 9.48. The van der Waals surface area contributed by atoms with Gasteiger partial charge in [-0.1, -0.05) is 6.07 Å². The van der Waals surface area contributed by atoms with Crippen molar-refractivity contribution in [3.8, 4) is 0 Å². The number of carbonyl (C=O) groups is 2. The normalized spacial score (nSPS) is 14.3. The molecular formula is C23H33F3N6O2. The summed E-state index contributed by atoms with van der Waals surface area (Å²) in [6, 6.07) is 3.80. The van der Waals surface area contributed by atoms with Crippen LogP contribution in [0.4, 0.5) is 29.3 Å². The summed E-state index contributed by atoms with van der Waals surface area (Å²) >= 11 is 0. The summed E-state index contributed by atoms with van der Waals surface area (Å²) in [5.74, 6) is 0. The summed E-state index contributed by atoms with van der Waals surface area (Å²) in [7, 11) is 1.76. The Morgan fingerprint density at radius 3 is 2.29 bits per heavy atom. The molecule has 1 aromatic heterocycles. The van der Waals surface area contributed by atoms with Crippen molar-refractivity contribution in [1.29, 1.82) is 0 Å². The number of nitrogens with one attached hydrogen (secondary N) is 1. The second-order valence-electron chi connectivity index (χ2n) is 7.72. The molecule has 0 atom stereocenters. The molecule has 1 aliphatic rings. The van der Waals surface area contributed by atoms with Crippen LogP contribution in [0.1, 0.15) is 31.9 Å². The van der Waals surface area contributed by atoms with E-state index in [1.165, 1.54) is 17.7 Å². The van der Waals surface area contributed by atoms with Crippen LogP contribution in [0.3, 0.4) is 0 Å². The molecule has 2 aromatic rings. The lowest BCUT2D eigenvalue weighted by molar-refractivity contribution is -0.137. The molecule has 188 valence electrons. The molecule has 1 aliphatic heterocycles. The maximum atomic E-state index is 13.2. The van der Waals surface area contributed by atoms with Crippen LogP contribution < -0.4 is 10.2 Å². The van der Waals surface area contributed by atoms with Crippen LogP contribution in [0.5, 0.6) is 0 Å². The van der Waals surface area contributed by atoms with Crippen LogP contribution in [-0.4, -0.2) is 78.2 Å². The first-order chi connectivity index (χ1) is 16.2. The van der Waals surface area contributed by atoms with Crippen molar-refractivity contribution in [3.05, 3.63) is 41.7 Å². The number of rotatable bonds is 6. The van der Waals surface area contributed by atoms with Crippen LogP contribution in [0.15, 0.2) is 30.6 Å². The summed E-state index contributed by atoms with van der Waals surface area (Å²) in [5, 5.41) is 7.02. The number of piperazine rings is 1. The quantitative estimate of drug-likeness (QED) is 0.632. The topological polar surface area (TPSA) is 73.7 Å². The van der Waals surface area contributed by atoms with Crippen molar-refractivity contribution in [2.45, 2.75) is 33.5 Å².